The van der Waals surface area contributed by atoms with Crippen LogP contribution in [0.1, 0.15) is 48.9 Å². The van der Waals surface area contributed by atoms with E-state index in [1.54, 1.807) is 4.90 Å². The second-order valence-electron chi connectivity index (χ2n) is 8.86. The molecule has 0 heterocycles. The van der Waals surface area contributed by atoms with E-state index in [1.807, 2.05) is 77.9 Å². The number of carbonyl (C=O) groups is 3. The first-order chi connectivity index (χ1) is 16.1. The zero-order valence-corrected chi connectivity index (χ0v) is 21.2. The Morgan fingerprint density at radius 1 is 0.676 bits per heavy atom. The smallest absolute Gasteiger partial charge is 0.238 e. The molecule has 2 aromatic carbocycles. The number of anilines is 2. The van der Waals surface area contributed by atoms with Gasteiger partial charge < -0.3 is 16.0 Å². The number of carbonyl (C=O) groups excluding carboxylic acids is 3. The molecule has 0 saturated carbocycles. The van der Waals surface area contributed by atoms with E-state index in [9.17, 15) is 14.4 Å². The van der Waals surface area contributed by atoms with Gasteiger partial charge in [-0.15, -0.1) is 0 Å². The minimum Gasteiger partial charge on any atom is -0.352 e. The Labute approximate surface area is 203 Å². The molecule has 0 aliphatic carbocycles. The fourth-order valence-electron chi connectivity index (χ4n) is 3.92. The van der Waals surface area contributed by atoms with Crippen molar-refractivity contribution in [2.24, 2.45) is 0 Å². The molecule has 0 bridgehead atoms. The highest BCUT2D eigenvalue weighted by atomic mass is 16.2. The molecule has 34 heavy (non-hydrogen) atoms. The monoisotopic (exact) mass is 466 g/mol. The van der Waals surface area contributed by atoms with E-state index >= 15 is 0 Å². The van der Waals surface area contributed by atoms with Crippen LogP contribution in [-0.2, 0) is 14.4 Å². The van der Waals surface area contributed by atoms with Crippen molar-refractivity contribution in [3.8, 4) is 0 Å². The number of hydrogen-bond acceptors (Lipinski definition) is 4. The fraction of sp³-hybridized carbons (Fsp3) is 0.444. The largest absolute Gasteiger partial charge is 0.352 e. The van der Waals surface area contributed by atoms with E-state index in [1.165, 1.54) is 0 Å². The fourth-order valence-corrected chi connectivity index (χ4v) is 3.92. The summed E-state index contributed by atoms with van der Waals surface area (Å²) in [6.45, 7) is 11.6. The third kappa shape index (κ3) is 7.99. The summed E-state index contributed by atoms with van der Waals surface area (Å²) < 4.78 is 0. The van der Waals surface area contributed by atoms with Gasteiger partial charge in [-0.3, -0.25) is 19.3 Å². The van der Waals surface area contributed by atoms with Crippen LogP contribution in [0.25, 0.3) is 0 Å². The molecule has 3 N–H and O–H groups in total. The van der Waals surface area contributed by atoms with Gasteiger partial charge in [-0.2, -0.15) is 0 Å². The molecule has 7 nitrogen and oxygen atoms in total. The summed E-state index contributed by atoms with van der Waals surface area (Å²) in [7, 11) is 0. The number of aryl methyl sites for hydroxylation is 4. The molecular weight excluding hydrogens is 428 g/mol. The minimum absolute atomic E-state index is 0.0448. The van der Waals surface area contributed by atoms with Gasteiger partial charge in [0.2, 0.25) is 17.7 Å². The first-order valence-electron chi connectivity index (χ1n) is 11.9. The van der Waals surface area contributed by atoms with E-state index in [0.29, 0.717) is 0 Å². The lowest BCUT2D eigenvalue weighted by Gasteiger charge is -2.23. The van der Waals surface area contributed by atoms with Crippen molar-refractivity contribution >= 4 is 29.1 Å². The third-order valence-corrected chi connectivity index (χ3v) is 5.94. The number of rotatable bonds is 11. The van der Waals surface area contributed by atoms with Crippen LogP contribution in [0.3, 0.4) is 0 Å². The molecule has 0 saturated heterocycles. The van der Waals surface area contributed by atoms with Crippen LogP contribution in [0, 0.1) is 27.7 Å². The molecule has 2 rings (SSSR count). The summed E-state index contributed by atoms with van der Waals surface area (Å²) in [5.74, 6) is -0.742. The first kappa shape index (κ1) is 27.1. The van der Waals surface area contributed by atoms with E-state index in [-0.39, 0.29) is 43.4 Å². The molecule has 184 valence electrons. The maximum absolute atomic E-state index is 12.9. The highest BCUT2D eigenvalue weighted by Crippen LogP contribution is 2.20. The quantitative estimate of drug-likeness (QED) is 0.465. The zero-order valence-electron chi connectivity index (χ0n) is 21.2. The summed E-state index contributed by atoms with van der Waals surface area (Å²) >= 11 is 0. The molecule has 0 aliphatic heterocycles. The molecule has 0 radical (unpaired) electrons. The lowest BCUT2D eigenvalue weighted by Crippen LogP contribution is -2.46. The molecular formula is C27H38N4O3. The van der Waals surface area contributed by atoms with Crippen molar-refractivity contribution in [1.82, 2.24) is 10.2 Å². The van der Waals surface area contributed by atoms with Crippen LogP contribution in [0.5, 0.6) is 0 Å². The van der Waals surface area contributed by atoms with Gasteiger partial charge in [-0.1, -0.05) is 50.2 Å². The molecule has 0 atom stereocenters. The normalized spacial score (nSPS) is 10.9. The average Bonchev–Trinajstić information content (AvgIpc) is 2.77. The summed E-state index contributed by atoms with van der Waals surface area (Å²) in [6.07, 6.45) is 1.64. The van der Waals surface area contributed by atoms with Crippen molar-refractivity contribution in [1.29, 1.82) is 0 Å². The van der Waals surface area contributed by atoms with Crippen LogP contribution < -0.4 is 16.0 Å². The Hall–Kier alpha value is -3.19. The number of amides is 3. The molecule has 3 amide bonds. The molecule has 0 fully saturated rings. The number of benzene rings is 2. The number of nitrogens with zero attached hydrogens (tertiary/aromatic N) is 1. The van der Waals surface area contributed by atoms with Crippen LogP contribution in [0.15, 0.2) is 36.4 Å². The Morgan fingerprint density at radius 3 is 1.38 bits per heavy atom. The van der Waals surface area contributed by atoms with Crippen LogP contribution in [0.2, 0.25) is 0 Å². The standard InChI is InChI=1S/C27H38N4O3/c1-7-22(8-2)28-23(32)15-31(16-24(33)29-26-18(3)11-9-12-19(26)4)17-25(34)30-27-20(5)13-10-14-21(27)6/h9-14,22H,7-8,15-17H2,1-6H3,(H,28,32)(H,29,33)(H,30,34). The predicted molar refractivity (Wildman–Crippen MR) is 138 cm³/mol. The van der Waals surface area contributed by atoms with Crippen LogP contribution in [0.4, 0.5) is 11.4 Å². The number of nitrogens with one attached hydrogen (secondary N) is 3. The van der Waals surface area contributed by atoms with Gasteiger partial charge in [0.05, 0.1) is 19.6 Å². The van der Waals surface area contributed by atoms with E-state index in [0.717, 1.165) is 46.5 Å². The zero-order chi connectivity index (χ0) is 25.3. The molecule has 0 unspecified atom stereocenters. The number of hydrogen-bond donors (Lipinski definition) is 3. The Bertz CT molecular complexity index is 907. The topological polar surface area (TPSA) is 90.5 Å². The van der Waals surface area contributed by atoms with E-state index in [2.05, 4.69) is 16.0 Å². The first-order valence-corrected chi connectivity index (χ1v) is 11.9. The molecule has 2 aromatic rings. The van der Waals surface area contributed by atoms with E-state index in [4.69, 9.17) is 0 Å². The molecule has 7 heteroatoms. The number of para-hydroxylation sites is 2. The Balaban J connectivity index is 2.13. The second kappa shape index (κ2) is 12.9. The minimum atomic E-state index is -0.271. The lowest BCUT2D eigenvalue weighted by atomic mass is 10.1. The lowest BCUT2D eigenvalue weighted by molar-refractivity contribution is -0.125. The predicted octanol–water partition coefficient (Wildman–Crippen LogP) is 4.10. The van der Waals surface area contributed by atoms with Crippen molar-refractivity contribution in [3.63, 3.8) is 0 Å². The highest BCUT2D eigenvalue weighted by molar-refractivity contribution is 5.96. The third-order valence-electron chi connectivity index (χ3n) is 5.94. The Kier molecular flexibility index (Phi) is 10.3. The average molecular weight is 467 g/mol. The molecule has 0 aromatic heterocycles. The maximum atomic E-state index is 12.9. The van der Waals surface area contributed by atoms with Gasteiger partial charge in [0, 0.05) is 17.4 Å². The van der Waals surface area contributed by atoms with Gasteiger partial charge in [-0.05, 0) is 62.8 Å². The van der Waals surface area contributed by atoms with E-state index < -0.39 is 0 Å². The highest BCUT2D eigenvalue weighted by Gasteiger charge is 2.20. The van der Waals surface area contributed by atoms with Gasteiger partial charge in [0.15, 0.2) is 0 Å². The second-order valence-corrected chi connectivity index (χ2v) is 8.86. The summed E-state index contributed by atoms with van der Waals surface area (Å²) in [6, 6.07) is 11.7. The van der Waals surface area contributed by atoms with Gasteiger partial charge >= 0.3 is 0 Å². The SMILES string of the molecule is CCC(CC)NC(=O)CN(CC(=O)Nc1c(C)cccc1C)CC(=O)Nc1c(C)cccc1C. The van der Waals surface area contributed by atoms with Crippen molar-refractivity contribution in [2.45, 2.75) is 60.4 Å². The molecule has 0 spiro atoms. The van der Waals surface area contributed by atoms with Gasteiger partial charge in [0.25, 0.3) is 0 Å². The summed E-state index contributed by atoms with van der Waals surface area (Å²) in [5.41, 5.74) is 5.35. The van der Waals surface area contributed by atoms with Gasteiger partial charge in [-0.25, -0.2) is 0 Å². The van der Waals surface area contributed by atoms with Crippen LogP contribution in [-0.4, -0.2) is 48.3 Å². The Morgan fingerprint density at radius 2 is 1.03 bits per heavy atom. The van der Waals surface area contributed by atoms with Crippen molar-refractivity contribution in [3.05, 3.63) is 58.7 Å². The maximum Gasteiger partial charge on any atom is 0.238 e. The molecule has 0 aliphatic rings. The van der Waals surface area contributed by atoms with Crippen molar-refractivity contribution < 1.29 is 14.4 Å². The van der Waals surface area contributed by atoms with Gasteiger partial charge in [0.1, 0.15) is 0 Å². The summed E-state index contributed by atoms with van der Waals surface area (Å²) in [5, 5.41) is 8.87. The van der Waals surface area contributed by atoms with Crippen molar-refractivity contribution in [2.75, 3.05) is 30.3 Å². The summed E-state index contributed by atoms with van der Waals surface area (Å²) in [4.78, 5) is 40.0. The van der Waals surface area contributed by atoms with Crippen LogP contribution >= 0.6 is 0 Å².